The van der Waals surface area contributed by atoms with Crippen molar-refractivity contribution in [2.45, 2.75) is 57.5 Å². The maximum Gasteiger partial charge on any atom is 0.229 e. The molecule has 1 saturated carbocycles. The van der Waals surface area contributed by atoms with Crippen LogP contribution in [0.5, 0.6) is 0 Å². The lowest BCUT2D eigenvalue weighted by Gasteiger charge is -2.52. The van der Waals surface area contributed by atoms with Crippen molar-refractivity contribution in [2.24, 2.45) is 11.3 Å². The van der Waals surface area contributed by atoms with Crippen LogP contribution < -0.4 is 4.72 Å². The van der Waals surface area contributed by atoms with Gasteiger partial charge in [0, 0.05) is 28.5 Å². The van der Waals surface area contributed by atoms with E-state index in [-0.39, 0.29) is 42.1 Å². The van der Waals surface area contributed by atoms with Gasteiger partial charge in [0.05, 0.1) is 17.2 Å². The first-order valence-electron chi connectivity index (χ1n) is 12.5. The van der Waals surface area contributed by atoms with Gasteiger partial charge in [-0.3, -0.25) is 4.79 Å². The molecule has 1 N–H and O–H groups in total. The van der Waals surface area contributed by atoms with E-state index in [1.807, 2.05) is 54.3 Å². The number of hydrogen-bond donors (Lipinski definition) is 1. The summed E-state index contributed by atoms with van der Waals surface area (Å²) < 4.78 is 27.6. The number of halogens is 2. The van der Waals surface area contributed by atoms with Gasteiger partial charge in [-0.15, -0.1) is 6.58 Å². The Hall–Kier alpha value is -1.86. The van der Waals surface area contributed by atoms with Crippen molar-refractivity contribution < 1.29 is 13.2 Å². The molecule has 2 aliphatic rings. The average molecular weight is 550 g/mol. The number of benzene rings is 2. The molecular weight excluding hydrogens is 515 g/mol. The molecule has 0 bridgehead atoms. The van der Waals surface area contributed by atoms with Crippen LogP contribution in [0.4, 0.5) is 0 Å². The molecule has 1 aliphatic carbocycles. The Bertz CT molecular complexity index is 1210. The molecular formula is C28H34Cl2N2O3S. The first kappa shape index (κ1) is 27.2. The van der Waals surface area contributed by atoms with Crippen molar-refractivity contribution in [3.05, 3.63) is 82.4 Å². The van der Waals surface area contributed by atoms with Gasteiger partial charge in [-0.25, -0.2) is 13.1 Å². The van der Waals surface area contributed by atoms with E-state index in [0.717, 1.165) is 24.0 Å². The molecule has 194 valence electrons. The lowest BCUT2D eigenvalue weighted by Crippen LogP contribution is -2.58. The molecule has 1 saturated heterocycles. The van der Waals surface area contributed by atoms with Gasteiger partial charge in [0.2, 0.25) is 15.9 Å². The zero-order valence-electron chi connectivity index (χ0n) is 20.8. The number of nitrogens with zero attached hydrogens (tertiary/aromatic N) is 1. The van der Waals surface area contributed by atoms with Gasteiger partial charge in [-0.1, -0.05) is 60.5 Å². The maximum atomic E-state index is 14.3. The van der Waals surface area contributed by atoms with Crippen LogP contribution in [0.1, 0.15) is 62.6 Å². The number of nitrogens with one attached hydrogen (secondary N) is 1. The van der Waals surface area contributed by atoms with Crippen molar-refractivity contribution in [3.8, 4) is 0 Å². The second-order valence-electron chi connectivity index (χ2n) is 10.3. The normalized spacial score (nSPS) is 25.6. The molecule has 36 heavy (non-hydrogen) atoms. The Balaban J connectivity index is 1.87. The summed E-state index contributed by atoms with van der Waals surface area (Å²) in [4.78, 5) is 16.3. The van der Waals surface area contributed by atoms with Crippen molar-refractivity contribution in [3.63, 3.8) is 0 Å². The molecule has 1 amide bonds. The van der Waals surface area contributed by atoms with Crippen LogP contribution in [0.3, 0.4) is 0 Å². The van der Waals surface area contributed by atoms with Gasteiger partial charge < -0.3 is 4.90 Å². The number of piperidine rings is 1. The molecule has 2 aromatic carbocycles. The van der Waals surface area contributed by atoms with E-state index in [0.29, 0.717) is 22.9 Å². The molecule has 4 rings (SSSR count). The molecule has 1 aliphatic heterocycles. The van der Waals surface area contributed by atoms with Gasteiger partial charge in [-0.05, 0) is 73.9 Å². The minimum Gasteiger partial charge on any atom is -0.330 e. The molecule has 8 heteroatoms. The highest BCUT2D eigenvalue weighted by Crippen LogP contribution is 2.54. The maximum absolute atomic E-state index is 14.3. The molecule has 2 fully saturated rings. The molecule has 2 aromatic rings. The summed E-state index contributed by atoms with van der Waals surface area (Å²) >= 11 is 12.7. The molecule has 4 atom stereocenters. The highest BCUT2D eigenvalue weighted by atomic mass is 35.5. The topological polar surface area (TPSA) is 66.5 Å². The van der Waals surface area contributed by atoms with Crippen molar-refractivity contribution >= 4 is 39.1 Å². The molecule has 0 aromatic heterocycles. The van der Waals surface area contributed by atoms with Crippen molar-refractivity contribution in [1.82, 2.24) is 9.62 Å². The van der Waals surface area contributed by atoms with E-state index in [1.54, 1.807) is 13.0 Å². The molecule has 0 spiro atoms. The van der Waals surface area contributed by atoms with Crippen LogP contribution >= 0.6 is 23.2 Å². The van der Waals surface area contributed by atoms with Gasteiger partial charge in [-0.2, -0.15) is 0 Å². The second kappa shape index (κ2) is 10.9. The van der Waals surface area contributed by atoms with E-state index in [2.05, 4.69) is 17.4 Å². The largest absolute Gasteiger partial charge is 0.330 e. The van der Waals surface area contributed by atoms with E-state index in [4.69, 9.17) is 23.2 Å². The number of rotatable bonds is 10. The molecule has 1 unspecified atom stereocenters. The van der Waals surface area contributed by atoms with E-state index in [1.165, 1.54) is 0 Å². The van der Waals surface area contributed by atoms with Crippen LogP contribution in [0, 0.1) is 11.3 Å². The third-order valence-electron chi connectivity index (χ3n) is 7.60. The highest BCUT2D eigenvalue weighted by molar-refractivity contribution is 7.89. The Morgan fingerprint density at radius 2 is 1.83 bits per heavy atom. The number of sulfonamides is 1. The quantitative estimate of drug-likeness (QED) is 0.351. The van der Waals surface area contributed by atoms with E-state index < -0.39 is 15.4 Å². The van der Waals surface area contributed by atoms with Crippen LogP contribution in [0.25, 0.3) is 0 Å². The summed E-state index contributed by atoms with van der Waals surface area (Å²) in [6.45, 7) is 7.75. The standard InChI is InChI=1S/C28H34Cl2N2O3S/c1-4-15-28(3)17-24(21-7-6-8-23(30)16-21)26(20-11-13-22(29)14-12-20)32(27(28)33)25(19-9-10-19)18-31-36(34,35)5-2/h4,6-8,11-14,16,19,24-26,31H,1,5,9-10,15,17-18H2,2-3H3/t24-,25?,26-,28+/m1/s1. The SMILES string of the molecule is C=CC[C@@]1(C)C[C@H](c2cccc(Cl)c2)[C@@H](c2ccc(Cl)cc2)N(C(CNS(=O)(=O)CC)C2CC2)C1=O. The fraction of sp³-hybridized carbons (Fsp3) is 0.464. The summed E-state index contributed by atoms with van der Waals surface area (Å²) in [6, 6.07) is 14.9. The summed E-state index contributed by atoms with van der Waals surface area (Å²) in [5.41, 5.74) is 1.36. The Morgan fingerprint density at radius 3 is 2.42 bits per heavy atom. The zero-order valence-corrected chi connectivity index (χ0v) is 23.1. The third-order valence-corrected chi connectivity index (χ3v) is 9.45. The van der Waals surface area contributed by atoms with Gasteiger partial charge in [0.15, 0.2) is 0 Å². The smallest absolute Gasteiger partial charge is 0.229 e. The summed E-state index contributed by atoms with van der Waals surface area (Å²) in [5.74, 6) is 0.234. The minimum absolute atomic E-state index is 0.00172. The fourth-order valence-corrected chi connectivity index (χ4v) is 6.49. The molecule has 1 heterocycles. The summed E-state index contributed by atoms with van der Waals surface area (Å²) in [6.07, 6.45) is 4.90. The number of amides is 1. The van der Waals surface area contributed by atoms with Crippen LogP contribution in [0.2, 0.25) is 10.0 Å². The predicted molar refractivity (Wildman–Crippen MR) is 147 cm³/mol. The number of likely N-dealkylation sites (tertiary alicyclic amines) is 1. The lowest BCUT2D eigenvalue weighted by atomic mass is 9.67. The summed E-state index contributed by atoms with van der Waals surface area (Å²) in [5, 5.41) is 1.27. The van der Waals surface area contributed by atoms with Crippen molar-refractivity contribution in [1.29, 1.82) is 0 Å². The monoisotopic (exact) mass is 548 g/mol. The Labute approximate surface area is 224 Å². The lowest BCUT2D eigenvalue weighted by molar-refractivity contribution is -0.155. The van der Waals surface area contributed by atoms with Crippen LogP contribution in [-0.4, -0.2) is 37.6 Å². The first-order valence-corrected chi connectivity index (χ1v) is 14.9. The van der Waals surface area contributed by atoms with Crippen molar-refractivity contribution in [2.75, 3.05) is 12.3 Å². The van der Waals surface area contributed by atoms with Gasteiger partial charge in [0.1, 0.15) is 0 Å². The number of allylic oxidation sites excluding steroid dienone is 1. The highest BCUT2D eigenvalue weighted by Gasteiger charge is 2.53. The number of carbonyl (C=O) groups excluding carboxylic acids is 1. The predicted octanol–water partition coefficient (Wildman–Crippen LogP) is 6.35. The number of carbonyl (C=O) groups is 1. The minimum atomic E-state index is -3.41. The van der Waals surface area contributed by atoms with Gasteiger partial charge >= 0.3 is 0 Å². The molecule has 5 nitrogen and oxygen atoms in total. The number of hydrogen-bond acceptors (Lipinski definition) is 3. The zero-order chi connectivity index (χ0) is 26.1. The van der Waals surface area contributed by atoms with E-state index >= 15 is 0 Å². The van der Waals surface area contributed by atoms with Gasteiger partial charge in [0.25, 0.3) is 0 Å². The average Bonchev–Trinajstić information content (AvgIpc) is 3.68. The molecule has 0 radical (unpaired) electrons. The Morgan fingerprint density at radius 1 is 1.14 bits per heavy atom. The van der Waals surface area contributed by atoms with Crippen LogP contribution in [0.15, 0.2) is 61.2 Å². The second-order valence-corrected chi connectivity index (χ2v) is 13.3. The van der Waals surface area contributed by atoms with E-state index in [9.17, 15) is 13.2 Å². The first-order chi connectivity index (χ1) is 17.1. The third kappa shape index (κ3) is 5.83. The fourth-order valence-electron chi connectivity index (χ4n) is 5.54. The van der Waals surface area contributed by atoms with Crippen LogP contribution in [-0.2, 0) is 14.8 Å². The summed E-state index contributed by atoms with van der Waals surface area (Å²) in [7, 11) is -3.41. The Kier molecular flexibility index (Phi) is 8.20.